The first kappa shape index (κ1) is 21.9. The van der Waals surface area contributed by atoms with Gasteiger partial charge in [-0.2, -0.15) is 0 Å². The molecule has 0 spiro atoms. The Labute approximate surface area is 187 Å². The van der Waals surface area contributed by atoms with E-state index in [9.17, 15) is 4.79 Å². The maximum atomic E-state index is 12.2. The lowest BCUT2D eigenvalue weighted by molar-refractivity contribution is -0.118. The Bertz CT molecular complexity index is 1020. The van der Waals surface area contributed by atoms with Crippen molar-refractivity contribution in [2.45, 2.75) is 30.9 Å². The number of aryl methyl sites for hydroxylation is 3. The summed E-state index contributed by atoms with van der Waals surface area (Å²) in [7, 11) is 0. The van der Waals surface area contributed by atoms with Crippen LogP contribution >= 0.6 is 46.3 Å². The summed E-state index contributed by atoms with van der Waals surface area (Å²) in [5.41, 5.74) is 4.13. The maximum Gasteiger partial charge on any atom is 0.264 e. The third-order valence-electron chi connectivity index (χ3n) is 3.97. The van der Waals surface area contributed by atoms with Crippen LogP contribution in [0.2, 0.25) is 10.0 Å². The maximum absolute atomic E-state index is 12.2. The lowest BCUT2D eigenvalue weighted by atomic mass is 10.1. The van der Waals surface area contributed by atoms with E-state index in [4.69, 9.17) is 27.9 Å². The number of nitrogens with one attached hydrogen (secondary N) is 1. The molecule has 0 aliphatic heterocycles. The van der Waals surface area contributed by atoms with Crippen molar-refractivity contribution in [3.05, 3.63) is 62.6 Å². The monoisotopic (exact) mass is 467 g/mol. The van der Waals surface area contributed by atoms with Gasteiger partial charge in [0, 0.05) is 15.8 Å². The van der Waals surface area contributed by atoms with E-state index in [1.165, 1.54) is 23.1 Å². The Hall–Kier alpha value is -1.80. The fraction of sp³-hybridized carbons (Fsp3) is 0.250. The molecule has 0 bridgehead atoms. The fourth-order valence-corrected chi connectivity index (χ4v) is 5.11. The normalized spacial score (nSPS) is 10.8. The van der Waals surface area contributed by atoms with E-state index in [0.29, 0.717) is 20.9 Å². The molecule has 0 aliphatic rings. The van der Waals surface area contributed by atoms with Gasteiger partial charge in [0.15, 0.2) is 10.9 Å². The minimum atomic E-state index is -0.280. The lowest BCUT2D eigenvalue weighted by Crippen LogP contribution is -2.20. The third kappa shape index (κ3) is 6.09. The van der Waals surface area contributed by atoms with Gasteiger partial charge in [0.05, 0.1) is 0 Å². The molecule has 152 valence electrons. The van der Waals surface area contributed by atoms with E-state index in [2.05, 4.69) is 15.5 Å². The first-order chi connectivity index (χ1) is 13.8. The van der Waals surface area contributed by atoms with Crippen LogP contribution in [0.15, 0.2) is 34.7 Å². The van der Waals surface area contributed by atoms with Crippen LogP contribution in [0.1, 0.15) is 22.3 Å². The molecule has 1 amide bonds. The summed E-state index contributed by atoms with van der Waals surface area (Å²) < 4.78 is 6.44. The average molecular weight is 468 g/mol. The summed E-state index contributed by atoms with van der Waals surface area (Å²) in [6, 6.07) is 9.45. The number of nitrogens with zero attached hydrogens (tertiary/aromatic N) is 2. The first-order valence-electron chi connectivity index (χ1n) is 8.72. The van der Waals surface area contributed by atoms with Gasteiger partial charge in [-0.15, -0.1) is 10.2 Å². The van der Waals surface area contributed by atoms with Gasteiger partial charge in [0.2, 0.25) is 5.13 Å². The number of anilines is 1. The lowest BCUT2D eigenvalue weighted by Gasteiger charge is -2.12. The molecular formula is C20H19Cl2N3O2S2. The largest absolute Gasteiger partial charge is 0.483 e. The predicted octanol–water partition coefficient (Wildman–Crippen LogP) is 6.08. The minimum absolute atomic E-state index is 0.0901. The Balaban J connectivity index is 1.52. The molecular weight excluding hydrogens is 449 g/mol. The van der Waals surface area contributed by atoms with E-state index in [-0.39, 0.29) is 12.5 Å². The molecule has 1 heterocycles. The Kier molecular flexibility index (Phi) is 7.40. The van der Waals surface area contributed by atoms with Gasteiger partial charge in [-0.3, -0.25) is 10.1 Å². The number of rotatable bonds is 7. The number of ether oxygens (including phenoxy) is 1. The Morgan fingerprint density at radius 3 is 2.55 bits per heavy atom. The van der Waals surface area contributed by atoms with Crippen molar-refractivity contribution in [3.8, 4) is 5.75 Å². The number of halogens is 2. The molecule has 0 saturated carbocycles. The molecule has 0 unspecified atom stereocenters. The molecule has 9 heteroatoms. The molecule has 29 heavy (non-hydrogen) atoms. The molecule has 3 rings (SSSR count). The molecule has 2 aromatic carbocycles. The average Bonchev–Trinajstić information content (AvgIpc) is 3.07. The smallest absolute Gasteiger partial charge is 0.264 e. The van der Waals surface area contributed by atoms with Crippen molar-refractivity contribution in [3.63, 3.8) is 0 Å². The van der Waals surface area contributed by atoms with Crippen LogP contribution in [-0.2, 0) is 10.5 Å². The van der Waals surface area contributed by atoms with Crippen molar-refractivity contribution in [1.29, 1.82) is 0 Å². The van der Waals surface area contributed by atoms with Crippen molar-refractivity contribution >= 4 is 57.3 Å². The zero-order chi connectivity index (χ0) is 21.0. The van der Waals surface area contributed by atoms with E-state index >= 15 is 0 Å². The van der Waals surface area contributed by atoms with Crippen LogP contribution in [0.5, 0.6) is 5.75 Å². The molecule has 1 N–H and O–H groups in total. The fourth-order valence-electron chi connectivity index (χ4n) is 2.78. The summed E-state index contributed by atoms with van der Waals surface area (Å²) in [6.45, 7) is 5.87. The van der Waals surface area contributed by atoms with Crippen molar-refractivity contribution < 1.29 is 9.53 Å². The highest BCUT2D eigenvalue weighted by molar-refractivity contribution is 8.00. The number of hydrogen-bond acceptors (Lipinski definition) is 6. The van der Waals surface area contributed by atoms with Gasteiger partial charge in [-0.25, -0.2) is 0 Å². The number of aromatic nitrogens is 2. The topological polar surface area (TPSA) is 64.1 Å². The Morgan fingerprint density at radius 2 is 1.86 bits per heavy atom. The van der Waals surface area contributed by atoms with Gasteiger partial charge >= 0.3 is 0 Å². The van der Waals surface area contributed by atoms with E-state index in [1.807, 2.05) is 39.0 Å². The number of thioether (sulfide) groups is 1. The van der Waals surface area contributed by atoms with E-state index < -0.39 is 0 Å². The summed E-state index contributed by atoms with van der Waals surface area (Å²) in [4.78, 5) is 12.2. The highest BCUT2D eigenvalue weighted by Gasteiger charge is 2.12. The third-order valence-corrected chi connectivity index (χ3v) is 6.58. The second-order valence-electron chi connectivity index (χ2n) is 6.46. The van der Waals surface area contributed by atoms with Crippen LogP contribution in [-0.4, -0.2) is 22.7 Å². The van der Waals surface area contributed by atoms with Crippen molar-refractivity contribution in [1.82, 2.24) is 10.2 Å². The molecule has 0 radical (unpaired) electrons. The Morgan fingerprint density at radius 1 is 1.14 bits per heavy atom. The molecule has 0 fully saturated rings. The number of carbonyl (C=O) groups is 1. The summed E-state index contributed by atoms with van der Waals surface area (Å²) in [6.07, 6.45) is 0. The summed E-state index contributed by atoms with van der Waals surface area (Å²) >= 11 is 14.9. The zero-order valence-corrected chi connectivity index (χ0v) is 19.2. The first-order valence-corrected chi connectivity index (χ1v) is 11.3. The van der Waals surface area contributed by atoms with Crippen LogP contribution in [0.4, 0.5) is 5.13 Å². The SMILES string of the molecule is Cc1cc(C)c(OCC(=O)Nc2nnc(SCc3ccc(Cl)cc3Cl)s2)c(C)c1. The van der Waals surface area contributed by atoms with E-state index in [0.717, 1.165) is 32.3 Å². The molecule has 1 aromatic heterocycles. The number of benzene rings is 2. The van der Waals surface area contributed by atoms with Gasteiger partial charge in [0.1, 0.15) is 5.75 Å². The second kappa shape index (κ2) is 9.80. The van der Waals surface area contributed by atoms with E-state index in [1.54, 1.807) is 12.1 Å². The molecule has 0 aliphatic carbocycles. The molecule has 5 nitrogen and oxygen atoms in total. The number of carbonyl (C=O) groups excluding carboxylic acids is 1. The number of amides is 1. The molecule has 3 aromatic rings. The second-order valence-corrected chi connectivity index (χ2v) is 9.51. The highest BCUT2D eigenvalue weighted by atomic mass is 35.5. The van der Waals surface area contributed by atoms with Gasteiger partial charge in [-0.05, 0) is 49.6 Å². The highest BCUT2D eigenvalue weighted by Crippen LogP contribution is 2.31. The van der Waals surface area contributed by atoms with Gasteiger partial charge in [-0.1, -0.05) is 70.1 Å². The number of hydrogen-bond donors (Lipinski definition) is 1. The van der Waals surface area contributed by atoms with Crippen LogP contribution < -0.4 is 10.1 Å². The van der Waals surface area contributed by atoms with Crippen LogP contribution in [0.25, 0.3) is 0 Å². The summed E-state index contributed by atoms with van der Waals surface area (Å²) in [5, 5.41) is 12.5. The van der Waals surface area contributed by atoms with Crippen molar-refractivity contribution in [2.24, 2.45) is 0 Å². The minimum Gasteiger partial charge on any atom is -0.483 e. The van der Waals surface area contributed by atoms with Crippen LogP contribution in [0.3, 0.4) is 0 Å². The predicted molar refractivity (Wildman–Crippen MR) is 121 cm³/mol. The molecule has 0 atom stereocenters. The summed E-state index contributed by atoms with van der Waals surface area (Å²) in [5.74, 6) is 1.09. The van der Waals surface area contributed by atoms with Gasteiger partial charge < -0.3 is 4.74 Å². The quantitative estimate of drug-likeness (QED) is 0.336. The van der Waals surface area contributed by atoms with Crippen LogP contribution in [0, 0.1) is 20.8 Å². The van der Waals surface area contributed by atoms with Crippen molar-refractivity contribution in [2.75, 3.05) is 11.9 Å². The standard InChI is InChI=1S/C20H19Cl2N3O2S2/c1-11-6-12(2)18(13(3)7-11)27-9-17(26)23-19-24-25-20(29-19)28-10-14-4-5-15(21)8-16(14)22/h4-8H,9-10H2,1-3H3,(H,23,24,26). The molecule has 0 saturated heterocycles. The zero-order valence-electron chi connectivity index (χ0n) is 16.1. The van der Waals surface area contributed by atoms with Gasteiger partial charge in [0.25, 0.3) is 5.91 Å².